The van der Waals surface area contributed by atoms with Crippen molar-refractivity contribution in [1.29, 1.82) is 0 Å². The molecule has 26 heavy (non-hydrogen) atoms. The fourth-order valence-corrected chi connectivity index (χ4v) is 3.56. The Bertz CT molecular complexity index is 852. The number of carbonyl (C=O) groups is 2. The first-order valence-electron chi connectivity index (χ1n) is 8.64. The lowest BCUT2D eigenvalue weighted by Gasteiger charge is -2.44. The van der Waals surface area contributed by atoms with E-state index in [1.54, 1.807) is 42.4 Å². The van der Waals surface area contributed by atoms with Gasteiger partial charge in [-0.3, -0.25) is 14.5 Å². The van der Waals surface area contributed by atoms with E-state index in [9.17, 15) is 14.0 Å². The highest BCUT2D eigenvalue weighted by Crippen LogP contribution is 2.19. The molecular formula is C18H20FN5O2. The summed E-state index contributed by atoms with van der Waals surface area (Å²) < 4.78 is 15.4. The molecule has 4 rings (SSSR count). The zero-order chi connectivity index (χ0) is 18.3. The summed E-state index contributed by atoms with van der Waals surface area (Å²) >= 11 is 0. The number of hydrogen-bond donors (Lipinski definition) is 1. The number of rotatable bonds is 3. The maximum atomic E-state index is 13.9. The van der Waals surface area contributed by atoms with E-state index in [1.807, 2.05) is 0 Å². The predicted molar refractivity (Wildman–Crippen MR) is 91.9 cm³/mol. The molecule has 0 radical (unpaired) electrons. The predicted octanol–water partition coefficient (Wildman–Crippen LogP) is 0.542. The van der Waals surface area contributed by atoms with Gasteiger partial charge in [0.2, 0.25) is 11.8 Å². The molecule has 1 N–H and O–H groups in total. The molecule has 2 aliphatic heterocycles. The van der Waals surface area contributed by atoms with E-state index in [4.69, 9.17) is 0 Å². The van der Waals surface area contributed by atoms with Crippen LogP contribution >= 0.6 is 0 Å². The molecule has 7 nitrogen and oxygen atoms in total. The third-order valence-electron chi connectivity index (χ3n) is 4.92. The summed E-state index contributed by atoms with van der Waals surface area (Å²) in [7, 11) is 0. The van der Waals surface area contributed by atoms with Crippen LogP contribution in [0.1, 0.15) is 12.5 Å². The molecule has 136 valence electrons. The molecule has 0 bridgehead atoms. The van der Waals surface area contributed by atoms with Crippen LogP contribution in [0.2, 0.25) is 0 Å². The summed E-state index contributed by atoms with van der Waals surface area (Å²) in [4.78, 5) is 28.2. The number of hydrogen-bond acceptors (Lipinski definition) is 4. The van der Waals surface area contributed by atoms with Crippen LogP contribution in [-0.2, 0) is 16.1 Å². The zero-order valence-electron chi connectivity index (χ0n) is 14.4. The molecule has 2 aliphatic rings. The van der Waals surface area contributed by atoms with E-state index >= 15 is 0 Å². The van der Waals surface area contributed by atoms with Gasteiger partial charge in [0.15, 0.2) is 0 Å². The number of para-hydroxylation sites is 1. The highest BCUT2D eigenvalue weighted by atomic mass is 19.1. The third kappa shape index (κ3) is 2.96. The molecule has 8 heteroatoms. The summed E-state index contributed by atoms with van der Waals surface area (Å²) in [6, 6.07) is 5.57. The summed E-state index contributed by atoms with van der Waals surface area (Å²) in [6.45, 7) is 4.00. The van der Waals surface area contributed by atoms with E-state index < -0.39 is 12.1 Å². The van der Waals surface area contributed by atoms with Gasteiger partial charge >= 0.3 is 0 Å². The number of aromatic nitrogens is 2. The zero-order valence-corrected chi connectivity index (χ0v) is 14.4. The van der Waals surface area contributed by atoms with Crippen molar-refractivity contribution in [3.63, 3.8) is 0 Å². The Balaban J connectivity index is 1.45. The summed E-state index contributed by atoms with van der Waals surface area (Å²) in [6.07, 6.45) is 3.49. The Morgan fingerprint density at radius 3 is 2.88 bits per heavy atom. The highest BCUT2D eigenvalue weighted by molar-refractivity contribution is 5.97. The van der Waals surface area contributed by atoms with Crippen LogP contribution < -0.4 is 5.32 Å². The average Bonchev–Trinajstić information content (AvgIpc) is 3.08. The topological polar surface area (TPSA) is 70.5 Å². The Kier molecular flexibility index (Phi) is 4.20. The van der Waals surface area contributed by atoms with Crippen molar-refractivity contribution >= 4 is 11.8 Å². The van der Waals surface area contributed by atoms with Crippen LogP contribution in [0.4, 0.5) is 4.39 Å². The van der Waals surface area contributed by atoms with Gasteiger partial charge in [0.25, 0.3) is 0 Å². The van der Waals surface area contributed by atoms with Crippen molar-refractivity contribution in [2.45, 2.75) is 25.6 Å². The monoisotopic (exact) mass is 357 g/mol. The van der Waals surface area contributed by atoms with Gasteiger partial charge in [0, 0.05) is 37.9 Å². The van der Waals surface area contributed by atoms with Gasteiger partial charge in [-0.05, 0) is 19.1 Å². The number of nitrogens with zero attached hydrogens (tertiary/aromatic N) is 4. The van der Waals surface area contributed by atoms with E-state index in [1.165, 1.54) is 10.7 Å². The van der Waals surface area contributed by atoms with Crippen LogP contribution in [-0.4, -0.2) is 63.1 Å². The quantitative estimate of drug-likeness (QED) is 0.871. The molecule has 0 saturated carbocycles. The summed E-state index contributed by atoms with van der Waals surface area (Å²) in [5.74, 6) is -0.465. The van der Waals surface area contributed by atoms with E-state index in [0.29, 0.717) is 31.9 Å². The van der Waals surface area contributed by atoms with Crippen molar-refractivity contribution < 1.29 is 14.0 Å². The first-order valence-corrected chi connectivity index (χ1v) is 8.64. The molecule has 2 saturated heterocycles. The largest absolute Gasteiger partial charge is 0.343 e. The second kappa shape index (κ2) is 6.53. The number of carbonyl (C=O) groups excluding carboxylic acids is 2. The molecular weight excluding hydrogens is 337 g/mol. The Morgan fingerprint density at radius 2 is 2.08 bits per heavy atom. The number of halogens is 1. The number of piperazine rings is 2. The van der Waals surface area contributed by atoms with Crippen LogP contribution in [0.25, 0.3) is 5.69 Å². The van der Waals surface area contributed by atoms with Crippen LogP contribution in [0.5, 0.6) is 0 Å². The van der Waals surface area contributed by atoms with Gasteiger partial charge in [-0.2, -0.15) is 5.10 Å². The van der Waals surface area contributed by atoms with Crippen LogP contribution in [0.15, 0.2) is 36.7 Å². The van der Waals surface area contributed by atoms with Gasteiger partial charge < -0.3 is 10.2 Å². The lowest BCUT2D eigenvalue weighted by Crippen LogP contribution is -2.68. The minimum atomic E-state index is -0.454. The van der Waals surface area contributed by atoms with Gasteiger partial charge in [0.05, 0.1) is 6.20 Å². The van der Waals surface area contributed by atoms with Gasteiger partial charge in [-0.1, -0.05) is 12.1 Å². The molecule has 0 aliphatic carbocycles. The first-order chi connectivity index (χ1) is 12.5. The molecule has 1 aromatic heterocycles. The normalized spacial score (nSPS) is 23.7. The van der Waals surface area contributed by atoms with Crippen LogP contribution in [0.3, 0.4) is 0 Å². The van der Waals surface area contributed by atoms with Crippen molar-refractivity contribution in [2.24, 2.45) is 0 Å². The first kappa shape index (κ1) is 16.7. The maximum absolute atomic E-state index is 13.9. The number of benzene rings is 1. The highest BCUT2D eigenvalue weighted by Gasteiger charge is 2.41. The smallest absolute Gasteiger partial charge is 0.245 e. The number of nitrogens with one attached hydrogen (secondary N) is 1. The third-order valence-corrected chi connectivity index (χ3v) is 4.92. The second-order valence-electron chi connectivity index (χ2n) is 6.76. The lowest BCUT2D eigenvalue weighted by molar-refractivity contribution is -0.152. The van der Waals surface area contributed by atoms with Crippen molar-refractivity contribution in [2.75, 3.05) is 19.6 Å². The summed E-state index contributed by atoms with van der Waals surface area (Å²) in [5.41, 5.74) is 1.33. The molecule has 1 aromatic carbocycles. The number of fused-ring (bicyclic) bond motifs is 1. The maximum Gasteiger partial charge on any atom is 0.245 e. The second-order valence-corrected chi connectivity index (χ2v) is 6.76. The van der Waals surface area contributed by atoms with Gasteiger partial charge in [0.1, 0.15) is 23.6 Å². The molecule has 3 heterocycles. The Morgan fingerprint density at radius 1 is 1.27 bits per heavy atom. The van der Waals surface area contributed by atoms with E-state index in [-0.39, 0.29) is 17.6 Å². The van der Waals surface area contributed by atoms with Crippen molar-refractivity contribution in [3.05, 3.63) is 48.0 Å². The van der Waals surface area contributed by atoms with Crippen molar-refractivity contribution in [1.82, 2.24) is 24.9 Å². The molecule has 0 unspecified atom stereocenters. The Labute approximate surface area is 150 Å². The SMILES string of the molecule is C[C@@H]1NC(=O)[C@H]2CN(Cc3cnn(-c4ccccc4F)c3)CCN2C1=O. The minimum Gasteiger partial charge on any atom is -0.343 e. The van der Waals surface area contributed by atoms with E-state index in [2.05, 4.69) is 15.3 Å². The lowest BCUT2D eigenvalue weighted by atomic mass is 10.0. The Hall–Kier alpha value is -2.74. The van der Waals surface area contributed by atoms with Crippen LogP contribution in [0, 0.1) is 5.82 Å². The molecule has 0 spiro atoms. The standard InChI is InChI=1S/C18H20FN5O2/c1-12-18(26)23-7-6-22(11-16(23)17(25)21-12)9-13-8-20-24(10-13)15-5-3-2-4-14(15)19/h2-5,8,10,12,16H,6-7,9,11H2,1H3,(H,21,25)/t12-,16+/m0/s1. The average molecular weight is 357 g/mol. The fraction of sp³-hybridized carbons (Fsp3) is 0.389. The van der Waals surface area contributed by atoms with Gasteiger partial charge in [-0.25, -0.2) is 9.07 Å². The minimum absolute atomic E-state index is 0.0263. The van der Waals surface area contributed by atoms with Gasteiger partial charge in [-0.15, -0.1) is 0 Å². The summed E-state index contributed by atoms with van der Waals surface area (Å²) in [5, 5.41) is 6.97. The molecule has 2 atom stereocenters. The number of amides is 2. The molecule has 2 amide bonds. The van der Waals surface area contributed by atoms with E-state index in [0.717, 1.165) is 5.56 Å². The van der Waals surface area contributed by atoms with Crippen molar-refractivity contribution in [3.8, 4) is 5.69 Å². The molecule has 2 aromatic rings. The fourth-order valence-electron chi connectivity index (χ4n) is 3.56. The molecule has 2 fully saturated rings.